The highest BCUT2D eigenvalue weighted by Gasteiger charge is 2.47. The second-order valence-electron chi connectivity index (χ2n) is 11.0. The summed E-state index contributed by atoms with van der Waals surface area (Å²) in [5.74, 6) is 1.35. The highest BCUT2D eigenvalue weighted by atomic mass is 35.5. The van der Waals surface area contributed by atoms with Gasteiger partial charge >= 0.3 is 0 Å². The Labute approximate surface area is 214 Å². The molecule has 1 aromatic heterocycles. The Morgan fingerprint density at radius 2 is 1.91 bits per heavy atom. The lowest BCUT2D eigenvalue weighted by Crippen LogP contribution is -2.45. The van der Waals surface area contributed by atoms with Gasteiger partial charge in [0.2, 0.25) is 0 Å². The molecule has 35 heavy (non-hydrogen) atoms. The van der Waals surface area contributed by atoms with Gasteiger partial charge in [-0.15, -0.1) is 0 Å². The van der Waals surface area contributed by atoms with E-state index in [2.05, 4.69) is 10.3 Å². The second kappa shape index (κ2) is 11.3. The molecule has 0 bridgehead atoms. The summed E-state index contributed by atoms with van der Waals surface area (Å²) in [6.07, 6.45) is 14.2. The summed E-state index contributed by atoms with van der Waals surface area (Å²) in [7, 11) is 1.73. The molecule has 0 unspecified atom stereocenters. The summed E-state index contributed by atoms with van der Waals surface area (Å²) < 4.78 is 0. The number of nitrogens with one attached hydrogen (secondary N) is 1. The number of aromatic nitrogens is 1. The fourth-order valence-corrected chi connectivity index (χ4v) is 6.68. The summed E-state index contributed by atoms with van der Waals surface area (Å²) in [6.45, 7) is 1.83. The van der Waals surface area contributed by atoms with Crippen molar-refractivity contribution in [2.24, 2.45) is 22.6 Å². The number of carbonyl (C=O) groups is 2. The Kier molecular flexibility index (Phi) is 8.35. The third-order valence-electron chi connectivity index (χ3n) is 8.23. The van der Waals surface area contributed by atoms with Crippen LogP contribution in [0.5, 0.6) is 0 Å². The molecule has 2 aliphatic carbocycles. The molecule has 3 N–H and O–H groups in total. The average molecular weight is 502 g/mol. The van der Waals surface area contributed by atoms with E-state index in [0.29, 0.717) is 29.0 Å². The van der Waals surface area contributed by atoms with Crippen LogP contribution >= 0.6 is 11.6 Å². The lowest BCUT2D eigenvalue weighted by molar-refractivity contribution is -0.131. The third kappa shape index (κ3) is 6.35. The molecule has 1 aromatic rings. The number of hydrogen-bond donors (Lipinski definition) is 2. The van der Waals surface area contributed by atoms with Crippen LogP contribution in [0, 0.1) is 18.8 Å². The molecule has 2 saturated carbocycles. The zero-order valence-electron chi connectivity index (χ0n) is 21.2. The molecule has 8 heteroatoms. The Morgan fingerprint density at radius 1 is 1.17 bits per heavy atom. The van der Waals surface area contributed by atoms with E-state index in [0.717, 1.165) is 50.1 Å². The van der Waals surface area contributed by atoms with Crippen LogP contribution in [0.3, 0.4) is 0 Å². The van der Waals surface area contributed by atoms with Crippen molar-refractivity contribution >= 4 is 29.4 Å². The molecule has 0 radical (unpaired) electrons. The molecule has 0 aromatic carbocycles. The van der Waals surface area contributed by atoms with Crippen LogP contribution in [0.1, 0.15) is 99.5 Å². The van der Waals surface area contributed by atoms with E-state index in [4.69, 9.17) is 22.3 Å². The van der Waals surface area contributed by atoms with Crippen LogP contribution in [0.4, 0.5) is 0 Å². The van der Waals surface area contributed by atoms with Crippen LogP contribution in [0.2, 0.25) is 5.15 Å². The Morgan fingerprint density at radius 3 is 2.60 bits per heavy atom. The zero-order chi connectivity index (χ0) is 25.0. The molecule has 0 saturated heterocycles. The minimum atomic E-state index is -0.750. The van der Waals surface area contributed by atoms with E-state index in [1.54, 1.807) is 19.2 Å². The quantitative estimate of drug-likeness (QED) is 0.489. The van der Waals surface area contributed by atoms with Gasteiger partial charge in [0, 0.05) is 24.3 Å². The lowest BCUT2D eigenvalue weighted by Gasteiger charge is -2.35. The number of aryl methyl sites for hydroxylation is 1. The third-order valence-corrected chi connectivity index (χ3v) is 8.42. The van der Waals surface area contributed by atoms with Gasteiger partial charge in [0.15, 0.2) is 5.96 Å². The maximum atomic E-state index is 13.3. The number of carbonyl (C=O) groups excluding carboxylic acids is 2. The van der Waals surface area contributed by atoms with E-state index in [1.165, 1.54) is 43.4 Å². The standard InChI is InChI=1S/C27H40ClN5O2/c1-18-14-21(16-23(28)30-18)24(34)31-22-12-6-10-20(15-22)17-27(25(35)33(2)26(29)32-27)13-7-11-19-8-4-3-5-9-19/h14,16,19-20,22H,3-13,15,17H2,1-2H3,(H2,29,32)(H,31,34)/t20-,22-,27+/m0/s1. The van der Waals surface area contributed by atoms with Crippen molar-refractivity contribution < 1.29 is 9.59 Å². The molecule has 192 valence electrons. The highest BCUT2D eigenvalue weighted by Crippen LogP contribution is 2.39. The number of guanidine groups is 1. The molecule has 4 rings (SSSR count). The van der Waals surface area contributed by atoms with Crippen LogP contribution in [-0.2, 0) is 4.79 Å². The van der Waals surface area contributed by atoms with Crippen LogP contribution < -0.4 is 11.1 Å². The van der Waals surface area contributed by atoms with E-state index in [1.807, 2.05) is 6.92 Å². The van der Waals surface area contributed by atoms with Gasteiger partial charge in [0.1, 0.15) is 10.7 Å². The van der Waals surface area contributed by atoms with Gasteiger partial charge < -0.3 is 11.1 Å². The first-order valence-corrected chi connectivity index (χ1v) is 13.7. The predicted octanol–water partition coefficient (Wildman–Crippen LogP) is 5.00. The summed E-state index contributed by atoms with van der Waals surface area (Å²) >= 11 is 6.05. The molecule has 3 aliphatic rings. The monoisotopic (exact) mass is 501 g/mol. The van der Waals surface area contributed by atoms with Gasteiger partial charge in [-0.1, -0.05) is 69.4 Å². The van der Waals surface area contributed by atoms with Gasteiger partial charge in [-0.05, 0) is 56.6 Å². The molecular weight excluding hydrogens is 462 g/mol. The summed E-state index contributed by atoms with van der Waals surface area (Å²) in [6, 6.07) is 3.44. The summed E-state index contributed by atoms with van der Waals surface area (Å²) in [5.41, 5.74) is 6.63. The number of amides is 2. The van der Waals surface area contributed by atoms with Crippen molar-refractivity contribution in [1.29, 1.82) is 0 Å². The minimum absolute atomic E-state index is 0.0340. The molecule has 3 atom stereocenters. The Hall–Kier alpha value is -2.15. The van der Waals surface area contributed by atoms with Gasteiger partial charge in [-0.2, -0.15) is 0 Å². The second-order valence-corrected chi connectivity index (χ2v) is 11.4. The molecule has 2 fully saturated rings. The number of aliphatic imine (C=N–C) groups is 1. The largest absolute Gasteiger partial charge is 0.369 e. The SMILES string of the molecule is Cc1cc(C(=O)N[C@H]2CCC[C@H](C[C@@]3(CCCC4CCCCC4)N=C(N)N(C)C3=O)C2)cc(Cl)n1. The first-order chi connectivity index (χ1) is 16.8. The number of nitrogens with zero attached hydrogens (tertiary/aromatic N) is 3. The zero-order valence-corrected chi connectivity index (χ0v) is 21.9. The number of likely N-dealkylation sites (N-methyl/N-ethyl adjacent to an activating group) is 1. The average Bonchev–Trinajstić information content (AvgIpc) is 3.03. The van der Waals surface area contributed by atoms with Gasteiger partial charge in [0.05, 0.1) is 0 Å². The van der Waals surface area contributed by atoms with Crippen molar-refractivity contribution in [2.75, 3.05) is 7.05 Å². The molecule has 7 nitrogen and oxygen atoms in total. The number of rotatable bonds is 8. The van der Waals surface area contributed by atoms with E-state index >= 15 is 0 Å². The number of pyridine rings is 1. The molecular formula is C27H40ClN5O2. The predicted molar refractivity (Wildman–Crippen MR) is 139 cm³/mol. The van der Waals surface area contributed by atoms with E-state index < -0.39 is 5.54 Å². The molecule has 2 heterocycles. The molecule has 0 spiro atoms. The topological polar surface area (TPSA) is 101 Å². The first kappa shape index (κ1) is 25.9. The van der Waals surface area contributed by atoms with Gasteiger partial charge in [0.25, 0.3) is 11.8 Å². The number of halogens is 1. The smallest absolute Gasteiger partial charge is 0.257 e. The van der Waals surface area contributed by atoms with Crippen molar-refractivity contribution in [3.63, 3.8) is 0 Å². The van der Waals surface area contributed by atoms with Crippen molar-refractivity contribution in [2.45, 2.75) is 102 Å². The van der Waals surface area contributed by atoms with Crippen molar-refractivity contribution in [1.82, 2.24) is 15.2 Å². The maximum Gasteiger partial charge on any atom is 0.257 e. The van der Waals surface area contributed by atoms with Crippen molar-refractivity contribution in [3.05, 3.63) is 28.5 Å². The van der Waals surface area contributed by atoms with Crippen molar-refractivity contribution in [3.8, 4) is 0 Å². The normalized spacial score (nSPS) is 27.7. The maximum absolute atomic E-state index is 13.3. The number of nitrogens with two attached hydrogens (primary N) is 1. The molecule has 2 amide bonds. The van der Waals surface area contributed by atoms with E-state index in [9.17, 15) is 9.59 Å². The minimum Gasteiger partial charge on any atom is -0.369 e. The Balaban J connectivity index is 1.39. The summed E-state index contributed by atoms with van der Waals surface area (Å²) in [4.78, 5) is 36.6. The van der Waals surface area contributed by atoms with Crippen LogP contribution in [0.15, 0.2) is 17.1 Å². The fourth-order valence-electron chi connectivity index (χ4n) is 6.43. The van der Waals surface area contributed by atoms with Gasteiger partial charge in [-0.25, -0.2) is 9.98 Å². The van der Waals surface area contributed by atoms with Crippen LogP contribution in [0.25, 0.3) is 0 Å². The summed E-state index contributed by atoms with van der Waals surface area (Å²) in [5, 5.41) is 3.52. The van der Waals surface area contributed by atoms with Gasteiger partial charge in [-0.3, -0.25) is 14.5 Å². The lowest BCUT2D eigenvalue weighted by atomic mass is 9.75. The fraction of sp³-hybridized carbons (Fsp3) is 0.704. The highest BCUT2D eigenvalue weighted by molar-refractivity contribution is 6.29. The first-order valence-electron chi connectivity index (χ1n) is 13.3. The van der Waals surface area contributed by atoms with E-state index in [-0.39, 0.29) is 17.9 Å². The Bertz CT molecular complexity index is 941. The number of hydrogen-bond acceptors (Lipinski definition) is 5. The van der Waals surface area contributed by atoms with Crippen LogP contribution in [-0.4, -0.2) is 46.3 Å². The molecule has 1 aliphatic heterocycles.